The van der Waals surface area contributed by atoms with Crippen molar-refractivity contribution >= 4 is 22.1 Å². The molecule has 0 bridgehead atoms. The van der Waals surface area contributed by atoms with Crippen molar-refractivity contribution in [2.75, 3.05) is 6.61 Å². The second kappa shape index (κ2) is 8.97. The van der Waals surface area contributed by atoms with Crippen LogP contribution in [0.5, 0.6) is 0 Å². The Labute approximate surface area is 147 Å². The standard InChI is InChI=1S/C11H20N6O8S/c1-4(19)8(11(21)22)17-26(23,24)16-6(2-7(13)20)10-15-14-9(25-10)5(12)3-18/h4-6,8,16-19H,2-3,12H2,1H3,(H2,13,20)(H,21,22)/t4?,5-,6-,8?/m0/s1. The monoisotopic (exact) mass is 396 g/mol. The van der Waals surface area contributed by atoms with E-state index in [9.17, 15) is 23.1 Å². The first-order chi connectivity index (χ1) is 12.0. The molecule has 0 radical (unpaired) electrons. The Balaban J connectivity index is 3.04. The fourth-order valence-electron chi connectivity index (χ4n) is 1.74. The SMILES string of the molecule is CC(O)C(NS(=O)(=O)N[C@@H](CC(N)=O)c1nnc([C@@H](N)CO)o1)C(=O)O. The minimum atomic E-state index is -4.54. The molecule has 1 aromatic heterocycles. The third kappa shape index (κ3) is 6.28. The van der Waals surface area contributed by atoms with E-state index in [1.165, 1.54) is 0 Å². The molecule has 0 saturated heterocycles. The molecule has 14 nitrogen and oxygen atoms in total. The maximum atomic E-state index is 12.1. The third-order valence-electron chi connectivity index (χ3n) is 3.00. The van der Waals surface area contributed by atoms with E-state index in [2.05, 4.69) is 10.2 Å². The fraction of sp³-hybridized carbons (Fsp3) is 0.636. The zero-order chi connectivity index (χ0) is 20.1. The number of nitrogens with two attached hydrogens (primary N) is 2. The van der Waals surface area contributed by atoms with E-state index in [-0.39, 0.29) is 11.8 Å². The Morgan fingerprint density at radius 2 is 1.85 bits per heavy atom. The lowest BCUT2D eigenvalue weighted by Gasteiger charge is -2.19. The summed E-state index contributed by atoms with van der Waals surface area (Å²) in [5.74, 6) is -3.13. The van der Waals surface area contributed by atoms with Crippen molar-refractivity contribution in [1.82, 2.24) is 19.6 Å². The lowest BCUT2D eigenvalue weighted by molar-refractivity contribution is -0.141. The van der Waals surface area contributed by atoms with Crippen LogP contribution in [0.25, 0.3) is 0 Å². The molecule has 0 fully saturated rings. The van der Waals surface area contributed by atoms with Gasteiger partial charge in [-0.25, -0.2) is 0 Å². The highest BCUT2D eigenvalue weighted by molar-refractivity contribution is 7.87. The average molecular weight is 396 g/mol. The molecule has 0 aromatic carbocycles. The average Bonchev–Trinajstić information content (AvgIpc) is 3.00. The summed E-state index contributed by atoms with van der Waals surface area (Å²) in [5, 5.41) is 34.3. The molecule has 0 aliphatic rings. The highest BCUT2D eigenvalue weighted by Gasteiger charge is 2.32. The van der Waals surface area contributed by atoms with E-state index in [1.807, 2.05) is 4.72 Å². The summed E-state index contributed by atoms with van der Waals surface area (Å²) in [6, 6.07) is -4.30. The number of aromatic nitrogens is 2. The predicted octanol–water partition coefficient (Wildman–Crippen LogP) is -3.76. The molecule has 2 unspecified atom stereocenters. The lowest BCUT2D eigenvalue weighted by Crippen LogP contribution is -2.52. The van der Waals surface area contributed by atoms with Crippen LogP contribution in [0.3, 0.4) is 0 Å². The molecule has 26 heavy (non-hydrogen) atoms. The molecule has 1 aromatic rings. The van der Waals surface area contributed by atoms with Gasteiger partial charge in [-0.15, -0.1) is 10.2 Å². The van der Waals surface area contributed by atoms with E-state index in [4.69, 9.17) is 26.1 Å². The van der Waals surface area contributed by atoms with E-state index in [0.29, 0.717) is 0 Å². The van der Waals surface area contributed by atoms with E-state index in [0.717, 1.165) is 6.92 Å². The topological polar surface area (TPSA) is 244 Å². The fourth-order valence-corrected chi connectivity index (χ4v) is 3.00. The van der Waals surface area contributed by atoms with Gasteiger partial charge in [0.2, 0.25) is 17.7 Å². The van der Waals surface area contributed by atoms with Crippen LogP contribution < -0.4 is 20.9 Å². The van der Waals surface area contributed by atoms with Crippen LogP contribution in [0.1, 0.15) is 37.2 Å². The number of carbonyl (C=O) groups excluding carboxylic acids is 1. The number of nitrogens with one attached hydrogen (secondary N) is 2. The van der Waals surface area contributed by atoms with Crippen LogP contribution >= 0.6 is 0 Å². The molecule has 4 atom stereocenters. The number of rotatable bonds is 11. The van der Waals surface area contributed by atoms with Crippen molar-refractivity contribution in [1.29, 1.82) is 0 Å². The number of aliphatic hydroxyl groups excluding tert-OH is 2. The van der Waals surface area contributed by atoms with Crippen LogP contribution in [0.4, 0.5) is 0 Å². The molecule has 148 valence electrons. The zero-order valence-electron chi connectivity index (χ0n) is 13.6. The van der Waals surface area contributed by atoms with Crippen LogP contribution in [-0.4, -0.2) is 64.6 Å². The maximum absolute atomic E-state index is 12.1. The van der Waals surface area contributed by atoms with E-state index < -0.39 is 59.3 Å². The number of nitrogens with zero attached hydrogens (tertiary/aromatic N) is 2. The van der Waals surface area contributed by atoms with Crippen LogP contribution in [0.2, 0.25) is 0 Å². The molecule has 0 aliphatic heterocycles. The van der Waals surface area contributed by atoms with Crippen molar-refractivity contribution < 1.29 is 37.7 Å². The lowest BCUT2D eigenvalue weighted by atomic mass is 10.2. The molecule has 1 amide bonds. The first-order valence-electron chi connectivity index (χ1n) is 7.15. The molecule has 9 N–H and O–H groups in total. The highest BCUT2D eigenvalue weighted by atomic mass is 32.2. The van der Waals surface area contributed by atoms with Gasteiger partial charge in [0.05, 0.1) is 19.1 Å². The molecule has 15 heteroatoms. The highest BCUT2D eigenvalue weighted by Crippen LogP contribution is 2.18. The smallest absolute Gasteiger partial charge is 0.324 e. The maximum Gasteiger partial charge on any atom is 0.324 e. The number of carboxylic acids is 1. The minimum absolute atomic E-state index is 0.212. The van der Waals surface area contributed by atoms with Gasteiger partial charge >= 0.3 is 5.97 Å². The number of aliphatic hydroxyl groups is 2. The first-order valence-corrected chi connectivity index (χ1v) is 8.63. The van der Waals surface area contributed by atoms with Gasteiger partial charge in [0, 0.05) is 0 Å². The van der Waals surface area contributed by atoms with Gasteiger partial charge in [0.15, 0.2) is 0 Å². The first kappa shape index (κ1) is 21.9. The number of primary amides is 1. The molecule has 0 saturated carbocycles. The Kier molecular flexibility index (Phi) is 7.54. The quantitative estimate of drug-likeness (QED) is 0.191. The summed E-state index contributed by atoms with van der Waals surface area (Å²) < 4.78 is 33.0. The van der Waals surface area contributed by atoms with Crippen LogP contribution in [0, 0.1) is 0 Å². The Hall–Kier alpha value is -2.17. The van der Waals surface area contributed by atoms with Crippen molar-refractivity contribution in [2.45, 2.75) is 37.6 Å². The molecule has 1 heterocycles. The van der Waals surface area contributed by atoms with Gasteiger partial charge in [-0.2, -0.15) is 17.9 Å². The van der Waals surface area contributed by atoms with Gasteiger partial charge in [0.1, 0.15) is 18.1 Å². The zero-order valence-corrected chi connectivity index (χ0v) is 14.4. The molecular formula is C11H20N6O8S. The van der Waals surface area contributed by atoms with Gasteiger partial charge in [-0.05, 0) is 6.92 Å². The second-order valence-electron chi connectivity index (χ2n) is 5.29. The van der Waals surface area contributed by atoms with Crippen molar-refractivity contribution in [3.05, 3.63) is 11.8 Å². The summed E-state index contributed by atoms with van der Waals surface area (Å²) >= 11 is 0. The van der Waals surface area contributed by atoms with E-state index in [1.54, 1.807) is 4.72 Å². The third-order valence-corrected chi connectivity index (χ3v) is 4.16. The Morgan fingerprint density at radius 3 is 2.31 bits per heavy atom. The largest absolute Gasteiger partial charge is 0.480 e. The molecular weight excluding hydrogens is 376 g/mol. The summed E-state index contributed by atoms with van der Waals surface area (Å²) in [6.07, 6.45) is -2.14. The normalized spacial score (nSPS) is 16.6. The Morgan fingerprint density at radius 1 is 1.27 bits per heavy atom. The summed E-state index contributed by atoms with van der Waals surface area (Å²) in [7, 11) is -4.54. The number of carbonyl (C=O) groups is 2. The van der Waals surface area contributed by atoms with Crippen molar-refractivity contribution in [3.63, 3.8) is 0 Å². The van der Waals surface area contributed by atoms with Crippen LogP contribution in [0.15, 0.2) is 4.42 Å². The number of hydrogen-bond acceptors (Lipinski definition) is 10. The summed E-state index contributed by atoms with van der Waals surface area (Å²) in [5.41, 5.74) is 10.5. The predicted molar refractivity (Wildman–Crippen MR) is 83.2 cm³/mol. The molecule has 0 spiro atoms. The number of amides is 1. The summed E-state index contributed by atoms with van der Waals surface area (Å²) in [6.45, 7) is 0.548. The number of carboxylic acid groups (broad SMARTS) is 1. The Bertz CT molecular complexity index is 735. The van der Waals surface area contributed by atoms with E-state index >= 15 is 0 Å². The minimum Gasteiger partial charge on any atom is -0.480 e. The van der Waals surface area contributed by atoms with Gasteiger partial charge in [-0.3, -0.25) is 9.59 Å². The van der Waals surface area contributed by atoms with Gasteiger partial charge in [-0.1, -0.05) is 0 Å². The van der Waals surface area contributed by atoms with Crippen LogP contribution in [-0.2, 0) is 19.8 Å². The molecule has 1 rings (SSSR count). The number of aliphatic carboxylic acids is 1. The van der Waals surface area contributed by atoms with Crippen molar-refractivity contribution in [3.8, 4) is 0 Å². The second-order valence-corrected chi connectivity index (χ2v) is 6.76. The van der Waals surface area contributed by atoms with Crippen molar-refractivity contribution in [2.24, 2.45) is 11.5 Å². The number of hydrogen-bond donors (Lipinski definition) is 7. The van der Waals surface area contributed by atoms with Gasteiger partial charge < -0.3 is 31.2 Å². The van der Waals surface area contributed by atoms with Gasteiger partial charge in [0.25, 0.3) is 10.2 Å². The summed E-state index contributed by atoms with van der Waals surface area (Å²) in [4.78, 5) is 22.2. The molecule has 0 aliphatic carbocycles.